The molecule has 1 unspecified atom stereocenters. The number of phenols is 1. The third-order valence-corrected chi connectivity index (χ3v) is 4.96. The molecular formula is C21H23ClN2O4. The van der Waals surface area contributed by atoms with Gasteiger partial charge in [0.1, 0.15) is 11.5 Å². The maximum absolute atomic E-state index is 12.8. The SMILES string of the molecule is CC(Oc1ccc(Cl)cc1)C(=O)N1CCCN(C(=O)c2ccccc2O)CC1. The van der Waals surface area contributed by atoms with Crippen LogP contribution in [0.25, 0.3) is 0 Å². The summed E-state index contributed by atoms with van der Waals surface area (Å²) < 4.78 is 5.72. The minimum absolute atomic E-state index is 0.0327. The number of nitrogens with zero attached hydrogens (tertiary/aromatic N) is 2. The van der Waals surface area contributed by atoms with Crippen molar-refractivity contribution in [3.8, 4) is 11.5 Å². The maximum atomic E-state index is 12.8. The highest BCUT2D eigenvalue weighted by Gasteiger charge is 2.27. The standard InChI is InChI=1S/C21H23ClN2O4/c1-15(28-17-9-7-16(22)8-10-17)20(26)23-11-4-12-24(14-13-23)21(27)18-5-2-3-6-19(18)25/h2-3,5-10,15,25H,4,11-14H2,1H3. The first-order valence-electron chi connectivity index (χ1n) is 9.24. The summed E-state index contributed by atoms with van der Waals surface area (Å²) >= 11 is 5.87. The number of ether oxygens (including phenoxy) is 1. The summed E-state index contributed by atoms with van der Waals surface area (Å²) in [5, 5.41) is 10.5. The molecule has 1 saturated heterocycles. The number of benzene rings is 2. The number of rotatable bonds is 4. The number of carbonyl (C=O) groups is 2. The molecule has 0 spiro atoms. The molecule has 2 aromatic rings. The van der Waals surface area contributed by atoms with Gasteiger partial charge >= 0.3 is 0 Å². The van der Waals surface area contributed by atoms with Crippen LogP contribution in [0.2, 0.25) is 5.02 Å². The van der Waals surface area contributed by atoms with Crippen LogP contribution in [0.1, 0.15) is 23.7 Å². The highest BCUT2D eigenvalue weighted by atomic mass is 35.5. The second kappa shape index (κ2) is 8.97. The fourth-order valence-electron chi connectivity index (χ4n) is 3.19. The van der Waals surface area contributed by atoms with Gasteiger partial charge < -0.3 is 19.6 Å². The van der Waals surface area contributed by atoms with Crippen molar-refractivity contribution in [1.82, 2.24) is 9.80 Å². The Labute approximate surface area is 169 Å². The summed E-state index contributed by atoms with van der Waals surface area (Å²) in [6.45, 7) is 3.63. The predicted molar refractivity (Wildman–Crippen MR) is 107 cm³/mol. The van der Waals surface area contributed by atoms with Gasteiger partial charge in [0.15, 0.2) is 6.10 Å². The number of aromatic hydroxyl groups is 1. The Kier molecular flexibility index (Phi) is 6.41. The quantitative estimate of drug-likeness (QED) is 0.852. The second-order valence-electron chi connectivity index (χ2n) is 6.70. The largest absolute Gasteiger partial charge is 0.507 e. The Morgan fingerprint density at radius 3 is 2.36 bits per heavy atom. The number of phenolic OH excluding ortho intramolecular Hbond substituents is 1. The van der Waals surface area contributed by atoms with Crippen molar-refractivity contribution in [3.63, 3.8) is 0 Å². The van der Waals surface area contributed by atoms with Crippen LogP contribution < -0.4 is 4.74 Å². The molecule has 1 aliphatic heterocycles. The lowest BCUT2D eigenvalue weighted by molar-refractivity contribution is -0.137. The minimum atomic E-state index is -0.637. The van der Waals surface area contributed by atoms with E-state index in [1.54, 1.807) is 59.2 Å². The third-order valence-electron chi connectivity index (χ3n) is 4.70. The molecular weight excluding hydrogens is 380 g/mol. The van der Waals surface area contributed by atoms with E-state index < -0.39 is 6.10 Å². The highest BCUT2D eigenvalue weighted by Crippen LogP contribution is 2.20. The highest BCUT2D eigenvalue weighted by molar-refractivity contribution is 6.30. The van der Waals surface area contributed by atoms with Gasteiger partial charge in [0.2, 0.25) is 0 Å². The molecule has 3 rings (SSSR count). The van der Waals surface area contributed by atoms with Crippen molar-refractivity contribution in [1.29, 1.82) is 0 Å². The summed E-state index contributed by atoms with van der Waals surface area (Å²) in [6.07, 6.45) is 0.0280. The van der Waals surface area contributed by atoms with Gasteiger partial charge in [-0.1, -0.05) is 23.7 Å². The second-order valence-corrected chi connectivity index (χ2v) is 7.14. The first kappa shape index (κ1) is 20.0. The Hall–Kier alpha value is -2.73. The van der Waals surface area contributed by atoms with Gasteiger partial charge in [-0.25, -0.2) is 0 Å². The van der Waals surface area contributed by atoms with Crippen molar-refractivity contribution in [3.05, 3.63) is 59.1 Å². The van der Waals surface area contributed by atoms with Gasteiger partial charge in [0, 0.05) is 31.2 Å². The van der Waals surface area contributed by atoms with Crippen molar-refractivity contribution < 1.29 is 19.4 Å². The third kappa shape index (κ3) is 4.75. The number of para-hydroxylation sites is 1. The number of hydrogen-bond donors (Lipinski definition) is 1. The molecule has 0 bridgehead atoms. The van der Waals surface area contributed by atoms with E-state index in [1.165, 1.54) is 6.07 Å². The van der Waals surface area contributed by atoms with Gasteiger partial charge in [-0.05, 0) is 49.7 Å². The Morgan fingerprint density at radius 1 is 1.00 bits per heavy atom. The van der Waals surface area contributed by atoms with Crippen LogP contribution in [0.15, 0.2) is 48.5 Å². The molecule has 1 atom stereocenters. The molecule has 0 aliphatic carbocycles. The molecule has 6 nitrogen and oxygen atoms in total. The molecule has 28 heavy (non-hydrogen) atoms. The van der Waals surface area contributed by atoms with Crippen LogP contribution in [-0.2, 0) is 4.79 Å². The molecule has 148 valence electrons. The van der Waals surface area contributed by atoms with Gasteiger partial charge in [-0.15, -0.1) is 0 Å². The zero-order valence-electron chi connectivity index (χ0n) is 15.7. The summed E-state index contributed by atoms with van der Waals surface area (Å²) in [5.74, 6) is 0.204. The fourth-order valence-corrected chi connectivity index (χ4v) is 3.32. The average molecular weight is 403 g/mol. The number of amides is 2. The Balaban J connectivity index is 1.59. The molecule has 1 aliphatic rings. The number of carbonyl (C=O) groups excluding carboxylic acids is 2. The van der Waals surface area contributed by atoms with Crippen LogP contribution in [0, 0.1) is 0 Å². The minimum Gasteiger partial charge on any atom is -0.507 e. The van der Waals surface area contributed by atoms with Crippen molar-refractivity contribution in [2.24, 2.45) is 0 Å². The van der Waals surface area contributed by atoms with Crippen LogP contribution in [-0.4, -0.2) is 59.0 Å². The number of hydrogen-bond acceptors (Lipinski definition) is 4. The predicted octanol–water partition coefficient (Wildman–Crippen LogP) is 3.19. The smallest absolute Gasteiger partial charge is 0.263 e. The normalized spacial score (nSPS) is 15.6. The zero-order valence-corrected chi connectivity index (χ0v) is 16.4. The molecule has 0 radical (unpaired) electrons. The lowest BCUT2D eigenvalue weighted by Crippen LogP contribution is -2.43. The molecule has 1 N–H and O–H groups in total. The average Bonchev–Trinajstić information content (AvgIpc) is 2.95. The summed E-state index contributed by atoms with van der Waals surface area (Å²) in [4.78, 5) is 28.8. The summed E-state index contributed by atoms with van der Waals surface area (Å²) in [7, 11) is 0. The molecule has 0 aromatic heterocycles. The van der Waals surface area contributed by atoms with Crippen LogP contribution in [0.5, 0.6) is 11.5 Å². The summed E-state index contributed by atoms with van der Waals surface area (Å²) in [6, 6.07) is 13.4. The van der Waals surface area contributed by atoms with Gasteiger partial charge in [0.25, 0.3) is 11.8 Å². The van der Waals surface area contributed by atoms with Crippen molar-refractivity contribution in [2.75, 3.05) is 26.2 Å². The fraction of sp³-hybridized carbons (Fsp3) is 0.333. The molecule has 2 amide bonds. The number of halogens is 1. The van der Waals surface area contributed by atoms with Crippen LogP contribution in [0.4, 0.5) is 0 Å². The van der Waals surface area contributed by atoms with Gasteiger partial charge in [-0.2, -0.15) is 0 Å². The Morgan fingerprint density at radius 2 is 1.64 bits per heavy atom. The van der Waals surface area contributed by atoms with E-state index in [0.29, 0.717) is 43.4 Å². The monoisotopic (exact) mass is 402 g/mol. The van der Waals surface area contributed by atoms with Gasteiger partial charge in [-0.3, -0.25) is 9.59 Å². The Bertz CT molecular complexity index is 841. The summed E-state index contributed by atoms with van der Waals surface area (Å²) in [5.41, 5.74) is 0.279. The van der Waals surface area contributed by atoms with E-state index in [4.69, 9.17) is 16.3 Å². The van der Waals surface area contributed by atoms with E-state index >= 15 is 0 Å². The topological polar surface area (TPSA) is 70.1 Å². The molecule has 0 saturated carbocycles. The van der Waals surface area contributed by atoms with E-state index in [1.807, 2.05) is 0 Å². The molecule has 1 heterocycles. The van der Waals surface area contributed by atoms with E-state index in [-0.39, 0.29) is 23.1 Å². The van der Waals surface area contributed by atoms with Gasteiger partial charge in [0.05, 0.1) is 5.56 Å². The van der Waals surface area contributed by atoms with E-state index in [2.05, 4.69) is 0 Å². The van der Waals surface area contributed by atoms with Crippen LogP contribution >= 0.6 is 11.6 Å². The van der Waals surface area contributed by atoms with E-state index in [9.17, 15) is 14.7 Å². The van der Waals surface area contributed by atoms with E-state index in [0.717, 1.165) is 0 Å². The first-order valence-corrected chi connectivity index (χ1v) is 9.62. The van der Waals surface area contributed by atoms with Crippen molar-refractivity contribution in [2.45, 2.75) is 19.4 Å². The maximum Gasteiger partial charge on any atom is 0.263 e. The lowest BCUT2D eigenvalue weighted by Gasteiger charge is -2.25. The first-order chi connectivity index (χ1) is 13.5. The van der Waals surface area contributed by atoms with Crippen LogP contribution in [0.3, 0.4) is 0 Å². The molecule has 7 heteroatoms. The van der Waals surface area contributed by atoms with Crippen molar-refractivity contribution >= 4 is 23.4 Å². The zero-order chi connectivity index (χ0) is 20.1. The lowest BCUT2D eigenvalue weighted by atomic mass is 10.1. The molecule has 1 fully saturated rings. The molecule has 2 aromatic carbocycles.